The minimum atomic E-state index is -0.499. The van der Waals surface area contributed by atoms with Gasteiger partial charge in [0.2, 0.25) is 0 Å². The van der Waals surface area contributed by atoms with Gasteiger partial charge in [0, 0.05) is 17.8 Å². The fourth-order valence-corrected chi connectivity index (χ4v) is 2.86. The number of anilines is 1. The number of hydrogen-bond donors (Lipinski definition) is 2. The Morgan fingerprint density at radius 1 is 1.00 bits per heavy atom. The molecule has 0 aliphatic rings. The molecule has 2 N–H and O–H groups in total. The van der Waals surface area contributed by atoms with Crippen LogP contribution in [0.4, 0.5) is 10.5 Å². The van der Waals surface area contributed by atoms with Crippen molar-refractivity contribution in [2.24, 2.45) is 0 Å². The van der Waals surface area contributed by atoms with Gasteiger partial charge in [-0.3, -0.25) is 4.79 Å². The Kier molecular flexibility index (Phi) is 7.21. The summed E-state index contributed by atoms with van der Waals surface area (Å²) in [5.74, 6) is -0.119. The molecule has 0 aliphatic heterocycles. The summed E-state index contributed by atoms with van der Waals surface area (Å²) in [7, 11) is 0. The Morgan fingerprint density at radius 3 is 2.29 bits per heavy atom. The lowest BCUT2D eigenvalue weighted by Crippen LogP contribution is -2.33. The number of carbonyl (C=O) groups excluding carboxylic acids is 2. The lowest BCUT2D eigenvalue weighted by molar-refractivity contribution is 0.0527. The van der Waals surface area contributed by atoms with Gasteiger partial charge in [0.15, 0.2) is 0 Å². The SMILES string of the molecule is Cc1cccc(C)c1NC(=O)c1cccc(CCCNC(=O)OC(C)(C)C)c1. The molecule has 0 aliphatic carbocycles. The van der Waals surface area contributed by atoms with Gasteiger partial charge in [0.1, 0.15) is 5.60 Å². The Hall–Kier alpha value is -2.82. The Balaban J connectivity index is 1.89. The standard InChI is InChI=1S/C23H30N2O3/c1-16-9-6-10-17(2)20(16)25-21(26)19-13-7-11-18(15-19)12-8-14-24-22(27)28-23(3,4)5/h6-7,9-11,13,15H,8,12,14H2,1-5H3,(H,24,27)(H,25,26). The zero-order valence-corrected chi connectivity index (χ0v) is 17.4. The summed E-state index contributed by atoms with van der Waals surface area (Å²) in [5.41, 5.74) is 4.12. The molecule has 150 valence electrons. The molecule has 2 amide bonds. The molecule has 5 nitrogen and oxygen atoms in total. The lowest BCUT2D eigenvalue weighted by Gasteiger charge is -2.19. The fourth-order valence-electron chi connectivity index (χ4n) is 2.86. The number of nitrogens with one attached hydrogen (secondary N) is 2. The summed E-state index contributed by atoms with van der Waals surface area (Å²) >= 11 is 0. The summed E-state index contributed by atoms with van der Waals surface area (Å²) in [6.45, 7) is 9.99. The van der Waals surface area contributed by atoms with Crippen molar-refractivity contribution in [2.45, 2.75) is 53.1 Å². The van der Waals surface area contributed by atoms with Crippen LogP contribution in [0.2, 0.25) is 0 Å². The number of alkyl carbamates (subject to hydrolysis) is 1. The third kappa shape index (κ3) is 6.72. The maximum Gasteiger partial charge on any atom is 0.407 e. The van der Waals surface area contributed by atoms with E-state index in [2.05, 4.69) is 10.6 Å². The highest BCUT2D eigenvalue weighted by atomic mass is 16.6. The van der Waals surface area contributed by atoms with Crippen LogP contribution in [0.25, 0.3) is 0 Å². The monoisotopic (exact) mass is 382 g/mol. The normalized spacial score (nSPS) is 11.0. The maximum absolute atomic E-state index is 12.6. The van der Waals surface area contributed by atoms with E-state index >= 15 is 0 Å². The molecule has 0 atom stereocenters. The summed E-state index contributed by atoms with van der Waals surface area (Å²) in [6, 6.07) is 13.5. The second-order valence-corrected chi connectivity index (χ2v) is 7.95. The van der Waals surface area contributed by atoms with Crippen LogP contribution in [0.5, 0.6) is 0 Å². The van der Waals surface area contributed by atoms with Gasteiger partial charge in [-0.2, -0.15) is 0 Å². The van der Waals surface area contributed by atoms with Crippen LogP contribution >= 0.6 is 0 Å². The van der Waals surface area contributed by atoms with Crippen molar-refractivity contribution in [1.82, 2.24) is 5.32 Å². The van der Waals surface area contributed by atoms with Crippen molar-refractivity contribution in [2.75, 3.05) is 11.9 Å². The van der Waals surface area contributed by atoms with Gasteiger partial charge in [-0.05, 0) is 76.3 Å². The molecule has 2 aromatic carbocycles. The number of carbonyl (C=O) groups is 2. The molecule has 0 heterocycles. The van der Waals surface area contributed by atoms with Gasteiger partial charge >= 0.3 is 6.09 Å². The molecular formula is C23H30N2O3. The molecule has 0 bridgehead atoms. The van der Waals surface area contributed by atoms with Crippen molar-refractivity contribution < 1.29 is 14.3 Å². The van der Waals surface area contributed by atoms with Crippen molar-refractivity contribution in [1.29, 1.82) is 0 Å². The Labute approximate surface area is 167 Å². The maximum atomic E-state index is 12.6. The topological polar surface area (TPSA) is 67.4 Å². The van der Waals surface area contributed by atoms with Crippen LogP contribution in [0.3, 0.4) is 0 Å². The van der Waals surface area contributed by atoms with Gasteiger partial charge < -0.3 is 15.4 Å². The third-order valence-electron chi connectivity index (χ3n) is 4.22. The molecule has 5 heteroatoms. The highest BCUT2D eigenvalue weighted by Gasteiger charge is 2.15. The third-order valence-corrected chi connectivity index (χ3v) is 4.22. The van der Waals surface area contributed by atoms with Gasteiger partial charge in [-0.25, -0.2) is 4.79 Å². The van der Waals surface area contributed by atoms with Crippen molar-refractivity contribution >= 4 is 17.7 Å². The predicted molar refractivity (Wildman–Crippen MR) is 113 cm³/mol. The summed E-state index contributed by atoms with van der Waals surface area (Å²) in [4.78, 5) is 24.3. The number of amides is 2. The molecule has 0 saturated carbocycles. The minimum absolute atomic E-state index is 0.119. The molecule has 0 saturated heterocycles. The molecule has 0 unspecified atom stereocenters. The molecule has 0 aromatic heterocycles. The first-order valence-electron chi connectivity index (χ1n) is 9.59. The van der Waals surface area contributed by atoms with Crippen LogP contribution < -0.4 is 10.6 Å². The first-order valence-corrected chi connectivity index (χ1v) is 9.59. The zero-order chi connectivity index (χ0) is 20.7. The predicted octanol–water partition coefficient (Wildman–Crippen LogP) is 5.01. The fraction of sp³-hybridized carbons (Fsp3) is 0.391. The van der Waals surface area contributed by atoms with E-state index in [4.69, 9.17) is 4.74 Å². The molecule has 2 aromatic rings. The van der Waals surface area contributed by atoms with Gasteiger partial charge in [-0.15, -0.1) is 0 Å². The van der Waals surface area contributed by atoms with E-state index < -0.39 is 11.7 Å². The van der Waals surface area contributed by atoms with E-state index in [-0.39, 0.29) is 5.91 Å². The van der Waals surface area contributed by atoms with Crippen molar-refractivity contribution in [3.63, 3.8) is 0 Å². The summed E-state index contributed by atoms with van der Waals surface area (Å²) < 4.78 is 5.21. The van der Waals surface area contributed by atoms with Gasteiger partial charge in [0.25, 0.3) is 5.91 Å². The second-order valence-electron chi connectivity index (χ2n) is 7.95. The number of hydrogen-bond acceptors (Lipinski definition) is 3. The van der Waals surface area contributed by atoms with E-state index in [1.807, 2.05) is 77.1 Å². The molecule has 0 fully saturated rings. The smallest absolute Gasteiger partial charge is 0.407 e. The summed E-state index contributed by atoms with van der Waals surface area (Å²) in [5, 5.41) is 5.76. The quantitative estimate of drug-likeness (QED) is 0.690. The Morgan fingerprint density at radius 2 is 1.64 bits per heavy atom. The highest BCUT2D eigenvalue weighted by Crippen LogP contribution is 2.20. The average molecular weight is 383 g/mol. The molecule has 0 radical (unpaired) electrons. The number of benzene rings is 2. The van der Waals surface area contributed by atoms with Gasteiger partial charge in [0.05, 0.1) is 0 Å². The second kappa shape index (κ2) is 9.40. The van der Waals surface area contributed by atoms with E-state index in [1.165, 1.54) is 0 Å². The van der Waals surface area contributed by atoms with Crippen molar-refractivity contribution in [3.8, 4) is 0 Å². The van der Waals surface area contributed by atoms with Crippen LogP contribution in [0.1, 0.15) is 54.2 Å². The van der Waals surface area contributed by atoms with Crippen LogP contribution in [-0.2, 0) is 11.2 Å². The first-order chi connectivity index (χ1) is 13.2. The van der Waals surface area contributed by atoms with Crippen LogP contribution in [0, 0.1) is 13.8 Å². The number of rotatable bonds is 6. The minimum Gasteiger partial charge on any atom is -0.444 e. The van der Waals surface area contributed by atoms with Crippen LogP contribution in [-0.4, -0.2) is 24.1 Å². The van der Waals surface area contributed by atoms with Crippen molar-refractivity contribution in [3.05, 3.63) is 64.7 Å². The van der Waals surface area contributed by atoms with E-state index in [9.17, 15) is 9.59 Å². The molecule has 2 rings (SSSR count). The van der Waals surface area contributed by atoms with Gasteiger partial charge in [-0.1, -0.05) is 30.3 Å². The molecule has 28 heavy (non-hydrogen) atoms. The van der Waals surface area contributed by atoms with Crippen LogP contribution in [0.15, 0.2) is 42.5 Å². The first kappa shape index (κ1) is 21.5. The number of para-hydroxylation sites is 1. The van der Waals surface area contributed by atoms with E-state index in [0.29, 0.717) is 12.1 Å². The molecule has 0 spiro atoms. The Bertz CT molecular complexity index is 818. The number of ether oxygens (including phenoxy) is 1. The average Bonchev–Trinajstić information content (AvgIpc) is 2.60. The molecular weight excluding hydrogens is 352 g/mol. The summed E-state index contributed by atoms with van der Waals surface area (Å²) in [6.07, 6.45) is 1.12. The number of aryl methyl sites for hydroxylation is 3. The highest BCUT2D eigenvalue weighted by molar-refractivity contribution is 6.05. The lowest BCUT2D eigenvalue weighted by atomic mass is 10.0. The van der Waals surface area contributed by atoms with E-state index in [1.54, 1.807) is 0 Å². The zero-order valence-electron chi connectivity index (χ0n) is 17.4. The van der Waals surface area contributed by atoms with E-state index in [0.717, 1.165) is 35.2 Å². The largest absolute Gasteiger partial charge is 0.444 e.